The van der Waals surface area contributed by atoms with Crippen LogP contribution in [0.5, 0.6) is 0 Å². The summed E-state index contributed by atoms with van der Waals surface area (Å²) in [4.78, 5) is 26.4. The van der Waals surface area contributed by atoms with Crippen molar-refractivity contribution in [3.63, 3.8) is 0 Å². The third kappa shape index (κ3) is 4.66. The summed E-state index contributed by atoms with van der Waals surface area (Å²) in [6.45, 7) is 3.82. The molecule has 120 valence electrons. The van der Waals surface area contributed by atoms with Crippen LogP contribution in [0.25, 0.3) is 0 Å². The second kappa shape index (κ2) is 7.73. The van der Waals surface area contributed by atoms with Gasteiger partial charge in [-0.25, -0.2) is 0 Å². The molecule has 1 saturated carbocycles. The van der Waals surface area contributed by atoms with Crippen LogP contribution in [0.4, 0.5) is 0 Å². The van der Waals surface area contributed by atoms with E-state index in [2.05, 4.69) is 5.32 Å². The fourth-order valence-corrected chi connectivity index (χ4v) is 3.21. The molecule has 0 aliphatic heterocycles. The zero-order valence-corrected chi connectivity index (χ0v) is 14.1. The van der Waals surface area contributed by atoms with Gasteiger partial charge >= 0.3 is 0 Å². The molecular weight excluding hydrogens is 286 g/mol. The Labute approximate surface area is 132 Å². The third-order valence-corrected chi connectivity index (χ3v) is 4.41. The van der Waals surface area contributed by atoms with E-state index in [1.54, 1.807) is 7.05 Å². The van der Waals surface area contributed by atoms with E-state index in [-0.39, 0.29) is 29.4 Å². The number of likely N-dealkylation sites (N-methyl/N-ethyl adjacent to an activating group) is 1. The molecule has 0 atom stereocenters. The molecule has 6 heteroatoms. The van der Waals surface area contributed by atoms with Gasteiger partial charge in [-0.15, -0.1) is 0 Å². The van der Waals surface area contributed by atoms with Gasteiger partial charge in [-0.05, 0) is 26.7 Å². The van der Waals surface area contributed by atoms with Crippen LogP contribution in [0.3, 0.4) is 0 Å². The topological polar surface area (TPSA) is 75.4 Å². The Morgan fingerprint density at radius 1 is 1.24 bits per heavy atom. The summed E-state index contributed by atoms with van der Waals surface area (Å²) in [5.41, 5.74) is 5.14. The second-order valence-electron chi connectivity index (χ2n) is 6.24. The standard InChI is InChI=1S/C15H27N3O2S/c1-11(2)17-12(19)10-18(3)14(20)15(13(16)21)8-6-4-5-7-9-15/h11H,4-10H2,1-3H3,(H2,16,21)(H,17,19). The van der Waals surface area contributed by atoms with E-state index in [9.17, 15) is 9.59 Å². The molecule has 0 saturated heterocycles. The van der Waals surface area contributed by atoms with Crippen LogP contribution in [0.2, 0.25) is 0 Å². The van der Waals surface area contributed by atoms with Crippen molar-refractivity contribution in [3.05, 3.63) is 0 Å². The van der Waals surface area contributed by atoms with Crippen LogP contribution in [-0.4, -0.2) is 41.3 Å². The Balaban J connectivity index is 2.80. The van der Waals surface area contributed by atoms with E-state index in [4.69, 9.17) is 18.0 Å². The van der Waals surface area contributed by atoms with Crippen molar-refractivity contribution >= 4 is 29.0 Å². The molecular formula is C15H27N3O2S. The normalized spacial score (nSPS) is 17.9. The number of nitrogens with zero attached hydrogens (tertiary/aromatic N) is 1. The molecule has 0 heterocycles. The summed E-state index contributed by atoms with van der Waals surface area (Å²) in [5.74, 6) is -0.275. The zero-order chi connectivity index (χ0) is 16.0. The fraction of sp³-hybridized carbons (Fsp3) is 0.800. The maximum Gasteiger partial charge on any atom is 0.239 e. The van der Waals surface area contributed by atoms with Gasteiger partial charge in [0.15, 0.2) is 0 Å². The van der Waals surface area contributed by atoms with Crippen molar-refractivity contribution in [2.75, 3.05) is 13.6 Å². The average Bonchev–Trinajstić information content (AvgIpc) is 2.63. The lowest BCUT2D eigenvalue weighted by Crippen LogP contribution is -2.51. The van der Waals surface area contributed by atoms with Gasteiger partial charge in [0, 0.05) is 13.1 Å². The molecule has 1 fully saturated rings. The van der Waals surface area contributed by atoms with Gasteiger partial charge in [-0.2, -0.15) is 0 Å². The second-order valence-corrected chi connectivity index (χ2v) is 6.68. The first-order chi connectivity index (χ1) is 9.79. The molecule has 0 aromatic carbocycles. The molecule has 0 radical (unpaired) electrons. The van der Waals surface area contributed by atoms with Crippen molar-refractivity contribution in [2.45, 2.75) is 58.4 Å². The van der Waals surface area contributed by atoms with Crippen LogP contribution in [0, 0.1) is 5.41 Å². The van der Waals surface area contributed by atoms with E-state index in [1.165, 1.54) is 4.90 Å². The molecule has 0 bridgehead atoms. The van der Waals surface area contributed by atoms with Gasteiger partial charge < -0.3 is 16.0 Å². The van der Waals surface area contributed by atoms with Crippen molar-refractivity contribution in [1.82, 2.24) is 10.2 Å². The highest BCUT2D eigenvalue weighted by Crippen LogP contribution is 2.37. The highest BCUT2D eigenvalue weighted by molar-refractivity contribution is 7.80. The lowest BCUT2D eigenvalue weighted by atomic mass is 9.79. The first kappa shape index (κ1) is 17.9. The van der Waals surface area contributed by atoms with Gasteiger partial charge in [-0.1, -0.05) is 37.9 Å². The summed E-state index contributed by atoms with van der Waals surface area (Å²) in [5, 5.41) is 2.79. The molecule has 0 aromatic heterocycles. The maximum atomic E-state index is 12.8. The maximum absolute atomic E-state index is 12.8. The van der Waals surface area contributed by atoms with E-state index in [0.29, 0.717) is 12.8 Å². The van der Waals surface area contributed by atoms with Crippen molar-refractivity contribution in [1.29, 1.82) is 0 Å². The Bertz CT molecular complexity index is 402. The number of hydrogen-bond donors (Lipinski definition) is 2. The molecule has 1 aliphatic rings. The van der Waals surface area contributed by atoms with Crippen LogP contribution >= 0.6 is 12.2 Å². The summed E-state index contributed by atoms with van der Waals surface area (Å²) in [6.07, 6.45) is 5.50. The Kier molecular flexibility index (Phi) is 6.58. The molecule has 21 heavy (non-hydrogen) atoms. The number of thiocarbonyl (C=S) groups is 1. The van der Waals surface area contributed by atoms with E-state index in [0.717, 1.165) is 25.7 Å². The van der Waals surface area contributed by atoms with Gasteiger partial charge in [0.05, 0.1) is 16.9 Å². The Morgan fingerprint density at radius 2 is 1.76 bits per heavy atom. The lowest BCUT2D eigenvalue weighted by Gasteiger charge is -2.34. The van der Waals surface area contributed by atoms with Crippen LogP contribution in [0.1, 0.15) is 52.4 Å². The third-order valence-electron chi connectivity index (χ3n) is 4.02. The van der Waals surface area contributed by atoms with Crippen LogP contribution < -0.4 is 11.1 Å². The minimum atomic E-state index is -0.765. The first-order valence-electron chi connectivity index (χ1n) is 7.64. The van der Waals surface area contributed by atoms with Gasteiger partial charge in [-0.3, -0.25) is 9.59 Å². The predicted octanol–water partition coefficient (Wildman–Crippen LogP) is 1.60. The van der Waals surface area contributed by atoms with Gasteiger partial charge in [0.2, 0.25) is 11.8 Å². The molecule has 5 nitrogen and oxygen atoms in total. The Hall–Kier alpha value is -1.17. The summed E-state index contributed by atoms with van der Waals surface area (Å²) in [6, 6.07) is 0.0587. The van der Waals surface area contributed by atoms with Gasteiger partial charge in [0.25, 0.3) is 0 Å². The molecule has 2 amide bonds. The van der Waals surface area contributed by atoms with E-state index >= 15 is 0 Å². The highest BCUT2D eigenvalue weighted by Gasteiger charge is 2.43. The van der Waals surface area contributed by atoms with Crippen LogP contribution in [-0.2, 0) is 9.59 Å². The summed E-state index contributed by atoms with van der Waals surface area (Å²) in [7, 11) is 1.65. The van der Waals surface area contributed by atoms with Crippen molar-refractivity contribution in [3.8, 4) is 0 Å². The number of nitrogens with two attached hydrogens (primary N) is 1. The molecule has 0 aromatic rings. The van der Waals surface area contributed by atoms with E-state index in [1.807, 2.05) is 13.8 Å². The predicted molar refractivity (Wildman–Crippen MR) is 87.8 cm³/mol. The van der Waals surface area contributed by atoms with Crippen molar-refractivity contribution in [2.24, 2.45) is 11.1 Å². The number of hydrogen-bond acceptors (Lipinski definition) is 3. The summed E-state index contributed by atoms with van der Waals surface area (Å²) < 4.78 is 0. The largest absolute Gasteiger partial charge is 0.392 e. The number of carbonyl (C=O) groups excluding carboxylic acids is 2. The molecule has 1 aliphatic carbocycles. The fourth-order valence-electron chi connectivity index (χ4n) is 2.92. The number of amides is 2. The van der Waals surface area contributed by atoms with Crippen molar-refractivity contribution < 1.29 is 9.59 Å². The Morgan fingerprint density at radius 3 is 2.19 bits per heavy atom. The zero-order valence-electron chi connectivity index (χ0n) is 13.3. The number of nitrogens with one attached hydrogen (secondary N) is 1. The molecule has 1 rings (SSSR count). The van der Waals surface area contributed by atoms with E-state index < -0.39 is 5.41 Å². The minimum absolute atomic E-state index is 0.0430. The number of rotatable bonds is 5. The molecule has 3 N–H and O–H groups in total. The lowest BCUT2D eigenvalue weighted by molar-refractivity contribution is -0.141. The summed E-state index contributed by atoms with van der Waals surface area (Å²) >= 11 is 5.20. The highest BCUT2D eigenvalue weighted by atomic mass is 32.1. The minimum Gasteiger partial charge on any atom is -0.392 e. The quantitative estimate of drug-likeness (QED) is 0.597. The smallest absolute Gasteiger partial charge is 0.239 e. The monoisotopic (exact) mass is 313 g/mol. The SMILES string of the molecule is CC(C)NC(=O)CN(C)C(=O)C1(C(N)=S)CCCCCC1. The molecule has 0 unspecified atom stereocenters. The molecule has 0 spiro atoms. The first-order valence-corrected chi connectivity index (χ1v) is 8.05. The average molecular weight is 313 g/mol. The van der Waals surface area contributed by atoms with Crippen LogP contribution in [0.15, 0.2) is 0 Å². The number of carbonyl (C=O) groups is 2. The van der Waals surface area contributed by atoms with Gasteiger partial charge in [0.1, 0.15) is 0 Å².